The molecule has 0 aromatic heterocycles. The molecule has 0 heterocycles. The van der Waals surface area contributed by atoms with Crippen LogP contribution in [-0.4, -0.2) is 0 Å². The second-order valence-electron chi connectivity index (χ2n) is 0. The topological polar surface area (TPSA) is 114 Å². The normalized spacial score (nSPS) is 0. The molecule has 7 heteroatoms. The van der Waals surface area contributed by atoms with Gasteiger partial charge in [-0.2, -0.15) is 0 Å². The first kappa shape index (κ1) is 140. The molecule has 0 aromatic rings. The smallest absolute Gasteiger partial charge is 2.00 e. The van der Waals surface area contributed by atoms with Gasteiger partial charge in [-0.3, -0.25) is 0 Å². The summed E-state index contributed by atoms with van der Waals surface area (Å²) in [7, 11) is 0. The standard InChI is InChI=1S/Fe.La.Ni.4O/q2*+3;+2;4*-2. The summed E-state index contributed by atoms with van der Waals surface area (Å²) in [6.07, 6.45) is 0. The van der Waals surface area contributed by atoms with Crippen LogP contribution < -0.4 is 0 Å². The second-order valence-corrected chi connectivity index (χ2v) is 0. The zero-order valence-corrected chi connectivity index (χ0v) is 8.60. The molecular weight excluding hydrogens is 317 g/mol. The van der Waals surface area contributed by atoms with Crippen molar-refractivity contribution in [1.29, 1.82) is 0 Å². The van der Waals surface area contributed by atoms with Crippen molar-refractivity contribution in [3.05, 3.63) is 0 Å². The zero-order valence-electron chi connectivity index (χ0n) is 2.88. The summed E-state index contributed by atoms with van der Waals surface area (Å²) in [5.41, 5.74) is 0. The van der Waals surface area contributed by atoms with E-state index in [9.17, 15) is 0 Å². The van der Waals surface area contributed by atoms with Gasteiger partial charge in [0.15, 0.2) is 0 Å². The summed E-state index contributed by atoms with van der Waals surface area (Å²) in [5.74, 6) is 0. The second kappa shape index (κ2) is 95.3. The van der Waals surface area contributed by atoms with Crippen LogP contribution in [0.4, 0.5) is 0 Å². The van der Waals surface area contributed by atoms with Crippen LogP contribution in [0.3, 0.4) is 0 Å². The molecule has 0 saturated carbocycles. The van der Waals surface area contributed by atoms with Crippen molar-refractivity contribution in [2.75, 3.05) is 0 Å². The van der Waals surface area contributed by atoms with Crippen molar-refractivity contribution in [2.24, 2.45) is 0 Å². The van der Waals surface area contributed by atoms with E-state index in [1.165, 1.54) is 0 Å². The Hall–Kier alpha value is 2.05. The van der Waals surface area contributed by atoms with E-state index in [4.69, 9.17) is 0 Å². The molecule has 0 spiro atoms. The van der Waals surface area contributed by atoms with Crippen molar-refractivity contribution in [3.63, 3.8) is 0 Å². The van der Waals surface area contributed by atoms with Gasteiger partial charge >= 0.3 is 69.2 Å². The minimum Gasteiger partial charge on any atom is -2.00 e. The first-order valence-corrected chi connectivity index (χ1v) is 0. The van der Waals surface area contributed by atoms with Crippen molar-refractivity contribution >= 4 is 0 Å². The van der Waals surface area contributed by atoms with Crippen LogP contribution in [0.5, 0.6) is 0 Å². The minimum atomic E-state index is 0. The molecule has 0 N–H and O–H groups in total. The molecule has 0 amide bonds. The molecule has 0 atom stereocenters. The molecule has 0 aromatic carbocycles. The minimum absolute atomic E-state index is 0. The third kappa shape index (κ3) is 70.2. The molecule has 4 nitrogen and oxygen atoms in total. The first-order valence-electron chi connectivity index (χ1n) is 0. The molecule has 7 heavy (non-hydrogen) atoms. The monoisotopic (exact) mass is 317 g/mol. The van der Waals surface area contributed by atoms with E-state index in [0.29, 0.717) is 0 Å². The Morgan fingerprint density at radius 2 is 0.571 bits per heavy atom. The Balaban J connectivity index is 0. The molecule has 45 valence electrons. The van der Waals surface area contributed by atoms with Crippen LogP contribution in [0.1, 0.15) is 0 Å². The Morgan fingerprint density at radius 3 is 0.571 bits per heavy atom. The Morgan fingerprint density at radius 1 is 0.571 bits per heavy atom. The molecule has 1 radical (unpaired) electrons. The van der Waals surface area contributed by atoms with Crippen LogP contribution in [0.15, 0.2) is 0 Å². The van der Waals surface area contributed by atoms with Gasteiger partial charge in [0.1, 0.15) is 0 Å². The van der Waals surface area contributed by atoms with Crippen LogP contribution >= 0.6 is 0 Å². The van der Waals surface area contributed by atoms with Crippen molar-refractivity contribution < 1.29 is 91.1 Å². The van der Waals surface area contributed by atoms with Crippen molar-refractivity contribution in [3.8, 4) is 0 Å². The molecule has 0 saturated heterocycles. The van der Waals surface area contributed by atoms with Crippen molar-refractivity contribution in [1.82, 2.24) is 0 Å². The predicted octanol–water partition coefficient (Wildman–Crippen LogP) is -0.480. The fourth-order valence-corrected chi connectivity index (χ4v) is 0. The first-order chi connectivity index (χ1) is 0. The SMILES string of the molecule is [Fe+3].[La+3].[Ni+2].[O-2].[O-2].[O-2].[O-2]. The van der Waals surface area contributed by atoms with E-state index in [1.54, 1.807) is 0 Å². The van der Waals surface area contributed by atoms with E-state index >= 15 is 0 Å². The van der Waals surface area contributed by atoms with Crippen molar-refractivity contribution in [2.45, 2.75) is 0 Å². The van der Waals surface area contributed by atoms with Gasteiger partial charge in [0, 0.05) is 0 Å². The zero-order chi connectivity index (χ0) is 0. The Bertz CT molecular complexity index is 11.7. The Labute approximate surface area is 90.0 Å². The fraction of sp³-hybridized carbons (Fsp3) is 0. The molecule has 0 aliphatic heterocycles. The van der Waals surface area contributed by atoms with Gasteiger partial charge in [0.2, 0.25) is 0 Å². The third-order valence-electron chi connectivity index (χ3n) is 0. The van der Waals surface area contributed by atoms with Crippen LogP contribution in [0.25, 0.3) is 0 Å². The summed E-state index contributed by atoms with van der Waals surface area (Å²) in [6.45, 7) is 0. The third-order valence-corrected chi connectivity index (χ3v) is 0. The number of rotatable bonds is 0. The predicted molar refractivity (Wildman–Crippen MR) is 2.75 cm³/mol. The van der Waals surface area contributed by atoms with Crippen LogP contribution in [0.2, 0.25) is 0 Å². The summed E-state index contributed by atoms with van der Waals surface area (Å²) in [4.78, 5) is 0. The van der Waals surface area contributed by atoms with Gasteiger partial charge in [-0.25, -0.2) is 0 Å². The molecular formula is FeLaNiO4. The summed E-state index contributed by atoms with van der Waals surface area (Å²) < 4.78 is 0. The Kier molecular flexibility index (Phi) is 1900. The quantitative estimate of drug-likeness (QED) is 0.537. The average molecular weight is 317 g/mol. The molecule has 0 rings (SSSR count). The van der Waals surface area contributed by atoms with Gasteiger partial charge in [-0.15, -0.1) is 0 Å². The molecule has 0 aliphatic carbocycles. The summed E-state index contributed by atoms with van der Waals surface area (Å²) in [5, 5.41) is 0. The molecule has 0 aliphatic rings. The van der Waals surface area contributed by atoms with E-state index in [2.05, 4.69) is 0 Å². The van der Waals surface area contributed by atoms with Gasteiger partial charge in [0.05, 0.1) is 0 Å². The average Bonchev–Trinajstić information content (AvgIpc) is 0. The maximum absolute atomic E-state index is 0. The van der Waals surface area contributed by atoms with Gasteiger partial charge in [-0.05, 0) is 0 Å². The fourth-order valence-electron chi connectivity index (χ4n) is 0. The van der Waals surface area contributed by atoms with Gasteiger partial charge in [0.25, 0.3) is 0 Å². The van der Waals surface area contributed by atoms with E-state index < -0.39 is 0 Å². The van der Waals surface area contributed by atoms with Crippen LogP contribution in [0, 0.1) is 35.6 Å². The van der Waals surface area contributed by atoms with E-state index in [-0.39, 0.29) is 91.1 Å². The number of hydrogen-bond acceptors (Lipinski definition) is 0. The molecule has 0 bridgehead atoms. The van der Waals surface area contributed by atoms with Crippen LogP contribution in [-0.2, 0) is 55.5 Å². The maximum atomic E-state index is 0. The van der Waals surface area contributed by atoms with Gasteiger partial charge in [-0.1, -0.05) is 0 Å². The largest absolute Gasteiger partial charge is 3.00 e. The van der Waals surface area contributed by atoms with E-state index in [0.717, 1.165) is 0 Å². The number of hydrogen-bond donors (Lipinski definition) is 0. The van der Waals surface area contributed by atoms with E-state index in [1.807, 2.05) is 0 Å². The maximum Gasteiger partial charge on any atom is 3.00 e. The molecule has 0 fully saturated rings. The summed E-state index contributed by atoms with van der Waals surface area (Å²) >= 11 is 0. The van der Waals surface area contributed by atoms with Gasteiger partial charge < -0.3 is 21.9 Å². The molecule has 0 unspecified atom stereocenters. The summed E-state index contributed by atoms with van der Waals surface area (Å²) in [6, 6.07) is 0.